The summed E-state index contributed by atoms with van der Waals surface area (Å²) >= 11 is 2.07. The molecule has 0 amide bonds. The lowest BCUT2D eigenvalue weighted by atomic mass is 9.42. The molecule has 6 aliphatic carbocycles. The fourth-order valence-corrected chi connectivity index (χ4v) is 15.2. The van der Waals surface area contributed by atoms with E-state index in [-0.39, 0.29) is 27.1 Å². The number of rotatable bonds is 4. The second kappa shape index (κ2) is 12.6. The summed E-state index contributed by atoms with van der Waals surface area (Å²) in [6.07, 6.45) is 11.9. The second-order valence-electron chi connectivity index (χ2n) is 22.3. The molecule has 58 heavy (non-hydrogen) atoms. The fraction of sp³-hybridized carbons (Fsp3) is 0.464. The molecule has 1 spiro atoms. The lowest BCUT2D eigenvalue weighted by Gasteiger charge is -2.63. The van der Waals surface area contributed by atoms with Crippen molar-refractivity contribution in [3.8, 4) is 11.1 Å². The third-order valence-corrected chi connectivity index (χ3v) is 18.2. The Morgan fingerprint density at radius 2 is 0.948 bits per heavy atom. The minimum Gasteiger partial charge on any atom is -0.309 e. The van der Waals surface area contributed by atoms with Crippen molar-refractivity contribution in [2.24, 2.45) is 23.7 Å². The Hall–Kier alpha value is -3.75. The van der Waals surface area contributed by atoms with E-state index in [0.717, 1.165) is 11.8 Å². The standard InChI is InChI=1S/C56H63NS/c1-52(2)24-26-54(5,6)47-33-40(18-21-43(47)52)57(41-19-22-44-48(34-41)55(7,8)27-25-53(44,3)4)50-42(37-14-10-9-11-15-37)20-23-46-51(50)58-49-17-13-12-16-45(49)56(46)38-29-35-28-36(31-38)32-39(56)30-35/h9-23,33-36,38-39H,24-32H2,1-8H3. The van der Waals surface area contributed by atoms with Crippen LogP contribution in [-0.4, -0.2) is 0 Å². The van der Waals surface area contributed by atoms with Crippen molar-refractivity contribution in [3.63, 3.8) is 0 Å². The van der Waals surface area contributed by atoms with Gasteiger partial charge in [-0.05, 0) is 172 Å². The van der Waals surface area contributed by atoms with Crippen molar-refractivity contribution in [2.45, 2.75) is 150 Å². The van der Waals surface area contributed by atoms with Gasteiger partial charge in [-0.1, -0.05) is 140 Å². The number of hydrogen-bond donors (Lipinski definition) is 0. The van der Waals surface area contributed by atoms with Gasteiger partial charge in [-0.3, -0.25) is 0 Å². The van der Waals surface area contributed by atoms with Crippen LogP contribution in [0.2, 0.25) is 0 Å². The molecule has 0 radical (unpaired) electrons. The van der Waals surface area contributed by atoms with Crippen molar-refractivity contribution in [1.29, 1.82) is 0 Å². The van der Waals surface area contributed by atoms with Crippen molar-refractivity contribution in [1.82, 2.24) is 0 Å². The molecule has 0 atom stereocenters. The summed E-state index contributed by atoms with van der Waals surface area (Å²) in [7, 11) is 0. The molecule has 7 aliphatic rings. The predicted molar refractivity (Wildman–Crippen MR) is 246 cm³/mol. The summed E-state index contributed by atoms with van der Waals surface area (Å²) < 4.78 is 0. The minimum atomic E-state index is 0.0595. The van der Waals surface area contributed by atoms with E-state index in [0.29, 0.717) is 11.8 Å². The maximum Gasteiger partial charge on any atom is 0.0682 e. The zero-order valence-electron chi connectivity index (χ0n) is 36.3. The van der Waals surface area contributed by atoms with Crippen LogP contribution in [0.25, 0.3) is 11.1 Å². The second-order valence-corrected chi connectivity index (χ2v) is 23.4. The summed E-state index contributed by atoms with van der Waals surface area (Å²) in [6.45, 7) is 19.8. The van der Waals surface area contributed by atoms with Gasteiger partial charge >= 0.3 is 0 Å². The first kappa shape index (κ1) is 37.3. The zero-order chi connectivity index (χ0) is 40.0. The van der Waals surface area contributed by atoms with Gasteiger partial charge in [-0.15, -0.1) is 0 Å². The van der Waals surface area contributed by atoms with E-state index >= 15 is 0 Å². The van der Waals surface area contributed by atoms with Crippen LogP contribution in [0, 0.1) is 23.7 Å². The third-order valence-electron chi connectivity index (χ3n) is 17.0. The van der Waals surface area contributed by atoms with Crippen LogP contribution in [0.3, 0.4) is 0 Å². The van der Waals surface area contributed by atoms with Gasteiger partial charge in [0.2, 0.25) is 0 Å². The molecule has 1 aliphatic heterocycles. The Morgan fingerprint density at radius 1 is 0.466 bits per heavy atom. The van der Waals surface area contributed by atoms with Crippen LogP contribution in [-0.2, 0) is 27.1 Å². The third kappa shape index (κ3) is 5.34. The van der Waals surface area contributed by atoms with Gasteiger partial charge < -0.3 is 4.90 Å². The van der Waals surface area contributed by atoms with Gasteiger partial charge in [0.25, 0.3) is 0 Å². The molecule has 0 N–H and O–H groups in total. The van der Waals surface area contributed by atoms with Gasteiger partial charge in [0.05, 0.1) is 5.69 Å². The van der Waals surface area contributed by atoms with E-state index < -0.39 is 0 Å². The van der Waals surface area contributed by atoms with E-state index in [1.54, 1.807) is 11.1 Å². The van der Waals surface area contributed by atoms with E-state index in [9.17, 15) is 0 Å². The molecule has 5 aromatic carbocycles. The van der Waals surface area contributed by atoms with Crippen LogP contribution in [0.1, 0.15) is 147 Å². The largest absolute Gasteiger partial charge is 0.309 e. The summed E-state index contributed by atoms with van der Waals surface area (Å²) in [6, 6.07) is 41.4. The van der Waals surface area contributed by atoms with E-state index in [4.69, 9.17) is 0 Å². The van der Waals surface area contributed by atoms with Crippen LogP contribution in [0.15, 0.2) is 113 Å². The van der Waals surface area contributed by atoms with Crippen molar-refractivity contribution in [2.75, 3.05) is 4.90 Å². The first-order valence-corrected chi connectivity index (χ1v) is 23.6. The molecule has 4 bridgehead atoms. The van der Waals surface area contributed by atoms with Gasteiger partial charge in [-0.2, -0.15) is 0 Å². The molecule has 298 valence electrons. The molecule has 1 nitrogen and oxygen atoms in total. The van der Waals surface area contributed by atoms with Crippen LogP contribution in [0.4, 0.5) is 17.1 Å². The number of hydrogen-bond acceptors (Lipinski definition) is 2. The molecule has 2 heteroatoms. The monoisotopic (exact) mass is 781 g/mol. The minimum absolute atomic E-state index is 0.0595. The summed E-state index contributed by atoms with van der Waals surface area (Å²) in [4.78, 5) is 5.72. The predicted octanol–water partition coefficient (Wildman–Crippen LogP) is 15.7. The van der Waals surface area contributed by atoms with Gasteiger partial charge in [0.15, 0.2) is 0 Å². The highest BCUT2D eigenvalue weighted by atomic mass is 32.2. The quantitative estimate of drug-likeness (QED) is 0.179. The van der Waals surface area contributed by atoms with E-state index in [2.05, 4.69) is 175 Å². The first-order chi connectivity index (χ1) is 27.7. The molecule has 0 aromatic heterocycles. The summed E-state index contributed by atoms with van der Waals surface area (Å²) in [5.41, 5.74) is 16.5. The molecular formula is C56H63NS. The van der Waals surface area contributed by atoms with Crippen molar-refractivity contribution in [3.05, 3.63) is 137 Å². The van der Waals surface area contributed by atoms with Crippen LogP contribution in [0.5, 0.6) is 0 Å². The lowest BCUT2D eigenvalue weighted by molar-refractivity contribution is -0.0443. The maximum atomic E-state index is 2.75. The zero-order valence-corrected chi connectivity index (χ0v) is 37.2. The molecule has 5 aromatic rings. The number of nitrogens with zero attached hydrogens (tertiary/aromatic N) is 1. The smallest absolute Gasteiger partial charge is 0.0682 e. The first-order valence-electron chi connectivity index (χ1n) is 22.8. The average molecular weight is 782 g/mol. The van der Waals surface area contributed by atoms with E-state index in [1.807, 2.05) is 0 Å². The van der Waals surface area contributed by atoms with Gasteiger partial charge in [0.1, 0.15) is 0 Å². The Bertz CT molecular complexity index is 2350. The topological polar surface area (TPSA) is 3.24 Å². The number of benzene rings is 5. The highest BCUT2D eigenvalue weighted by Gasteiger charge is 2.61. The fourth-order valence-electron chi connectivity index (χ4n) is 13.9. The number of fused-ring (bicyclic) bond motifs is 4. The van der Waals surface area contributed by atoms with Gasteiger partial charge in [0, 0.05) is 32.1 Å². The Balaban J connectivity index is 1.24. The van der Waals surface area contributed by atoms with Gasteiger partial charge in [-0.25, -0.2) is 0 Å². The Morgan fingerprint density at radius 3 is 1.50 bits per heavy atom. The molecule has 4 saturated carbocycles. The Kier molecular flexibility index (Phi) is 8.12. The average Bonchev–Trinajstić information content (AvgIpc) is 3.20. The SMILES string of the molecule is CC1(C)CCC(C)(C)c2cc(N(c3ccc4c(c3)C(C)(C)CCC4(C)C)c3c(-c4ccccc4)ccc4c3Sc3ccccc3C43C4CC5CC(C4)CC3C5)ccc21. The molecule has 0 unspecified atom stereocenters. The molecule has 4 fully saturated rings. The summed E-state index contributed by atoms with van der Waals surface area (Å²) in [5.74, 6) is 3.21. The lowest BCUT2D eigenvalue weighted by Crippen LogP contribution is -2.57. The molecule has 1 heterocycles. The van der Waals surface area contributed by atoms with Crippen LogP contribution >= 0.6 is 11.8 Å². The summed E-state index contributed by atoms with van der Waals surface area (Å²) in [5, 5.41) is 0. The normalized spacial score (nSPS) is 28.6. The van der Waals surface area contributed by atoms with Crippen molar-refractivity contribution >= 4 is 28.8 Å². The van der Waals surface area contributed by atoms with E-state index in [1.165, 1.54) is 118 Å². The van der Waals surface area contributed by atoms with Crippen LogP contribution < -0.4 is 4.90 Å². The van der Waals surface area contributed by atoms with Crippen molar-refractivity contribution < 1.29 is 0 Å². The highest BCUT2D eigenvalue weighted by Crippen LogP contribution is 2.70. The molecule has 12 rings (SSSR count). The molecule has 0 saturated heterocycles. The number of anilines is 3. The Labute approximate surface area is 353 Å². The molecular weight excluding hydrogens is 719 g/mol. The highest BCUT2D eigenvalue weighted by molar-refractivity contribution is 7.99. The maximum absolute atomic E-state index is 2.75.